The van der Waals surface area contributed by atoms with E-state index in [0.717, 1.165) is 24.8 Å². The van der Waals surface area contributed by atoms with Crippen LogP contribution in [0.15, 0.2) is 0 Å². The Labute approximate surface area is 112 Å². The normalized spacial score (nSPS) is 37.3. The first-order chi connectivity index (χ1) is 8.62. The Bertz CT molecular complexity index is 293. The lowest BCUT2D eigenvalue weighted by Crippen LogP contribution is -2.53. The van der Waals surface area contributed by atoms with Gasteiger partial charge in [0.15, 0.2) is 0 Å². The number of hydrogen-bond acceptors (Lipinski definition) is 2. The lowest BCUT2D eigenvalue weighted by Gasteiger charge is -2.49. The molecule has 3 saturated carbocycles. The Balaban J connectivity index is 1.76. The molecular formula is C16H29NO. The minimum absolute atomic E-state index is 0.0462. The maximum absolute atomic E-state index is 10.1. The average Bonchev–Trinajstić information content (AvgIpc) is 3.12. The smallest absolute Gasteiger partial charge is 0.0555 e. The predicted molar refractivity (Wildman–Crippen MR) is 74.5 cm³/mol. The molecule has 0 aromatic carbocycles. The second kappa shape index (κ2) is 4.79. The fourth-order valence-electron chi connectivity index (χ4n) is 4.70. The summed E-state index contributed by atoms with van der Waals surface area (Å²) in [5.74, 6) is 0.938. The summed E-state index contributed by atoms with van der Waals surface area (Å²) in [4.78, 5) is 2.64. The zero-order valence-electron chi connectivity index (χ0n) is 12.1. The molecule has 18 heavy (non-hydrogen) atoms. The van der Waals surface area contributed by atoms with Gasteiger partial charge in [0.05, 0.1) is 6.10 Å². The summed E-state index contributed by atoms with van der Waals surface area (Å²) in [5, 5.41) is 10.1. The highest BCUT2D eigenvalue weighted by atomic mass is 16.3. The highest BCUT2D eigenvalue weighted by Crippen LogP contribution is 2.52. The van der Waals surface area contributed by atoms with E-state index in [9.17, 15) is 5.11 Å². The molecule has 3 fully saturated rings. The van der Waals surface area contributed by atoms with Crippen molar-refractivity contribution in [2.45, 2.75) is 82.9 Å². The Kier molecular flexibility index (Phi) is 3.44. The Morgan fingerprint density at radius 2 is 1.78 bits per heavy atom. The molecule has 3 atom stereocenters. The molecule has 104 valence electrons. The number of hydrogen-bond donors (Lipinski definition) is 1. The average molecular weight is 251 g/mol. The third-order valence-corrected chi connectivity index (χ3v) is 6.22. The minimum atomic E-state index is -0.0462. The lowest BCUT2D eigenvalue weighted by molar-refractivity contribution is -0.0324. The van der Waals surface area contributed by atoms with Gasteiger partial charge in [-0.1, -0.05) is 12.8 Å². The van der Waals surface area contributed by atoms with Crippen LogP contribution in [0.5, 0.6) is 0 Å². The van der Waals surface area contributed by atoms with Crippen LogP contribution < -0.4 is 0 Å². The Morgan fingerprint density at radius 1 is 1.11 bits per heavy atom. The van der Waals surface area contributed by atoms with Crippen molar-refractivity contribution in [2.24, 2.45) is 11.3 Å². The van der Waals surface area contributed by atoms with Crippen molar-refractivity contribution in [2.75, 3.05) is 7.05 Å². The zero-order valence-corrected chi connectivity index (χ0v) is 12.1. The monoisotopic (exact) mass is 251 g/mol. The van der Waals surface area contributed by atoms with Crippen LogP contribution in [0, 0.1) is 11.3 Å². The first kappa shape index (κ1) is 12.9. The molecule has 1 spiro atoms. The van der Waals surface area contributed by atoms with E-state index >= 15 is 0 Å². The van der Waals surface area contributed by atoms with Crippen molar-refractivity contribution in [3.8, 4) is 0 Å². The minimum Gasteiger partial charge on any atom is -0.393 e. The van der Waals surface area contributed by atoms with Crippen LogP contribution in [-0.2, 0) is 0 Å². The van der Waals surface area contributed by atoms with Crippen molar-refractivity contribution in [3.63, 3.8) is 0 Å². The van der Waals surface area contributed by atoms with E-state index in [1.165, 1.54) is 44.9 Å². The molecule has 0 radical (unpaired) electrons. The van der Waals surface area contributed by atoms with Gasteiger partial charge in [-0.15, -0.1) is 0 Å². The van der Waals surface area contributed by atoms with Crippen molar-refractivity contribution in [3.05, 3.63) is 0 Å². The molecular weight excluding hydrogens is 222 g/mol. The van der Waals surface area contributed by atoms with Crippen LogP contribution in [0.25, 0.3) is 0 Å². The van der Waals surface area contributed by atoms with Gasteiger partial charge in [0.25, 0.3) is 0 Å². The van der Waals surface area contributed by atoms with Gasteiger partial charge in [-0.2, -0.15) is 0 Å². The van der Waals surface area contributed by atoms with Gasteiger partial charge in [0, 0.05) is 12.1 Å². The second-order valence-corrected chi connectivity index (χ2v) is 7.26. The standard InChI is InChI=1S/C16H29NO/c1-12(13-5-6-13)17(2)15-11-14(18)7-10-16(15)8-3-4-9-16/h12-15,18H,3-11H2,1-2H3. The molecule has 0 aliphatic heterocycles. The van der Waals surface area contributed by atoms with Gasteiger partial charge in [-0.3, -0.25) is 4.90 Å². The molecule has 1 N–H and O–H groups in total. The quantitative estimate of drug-likeness (QED) is 0.832. The predicted octanol–water partition coefficient (Wildman–Crippen LogP) is 3.19. The summed E-state index contributed by atoms with van der Waals surface area (Å²) in [7, 11) is 2.33. The van der Waals surface area contributed by atoms with E-state index in [0.29, 0.717) is 11.5 Å². The number of aliphatic hydroxyl groups is 1. The van der Waals surface area contributed by atoms with Gasteiger partial charge >= 0.3 is 0 Å². The SMILES string of the molecule is CC(C1CC1)N(C)C1CC(O)CCC12CCCC2. The number of nitrogens with zero attached hydrogens (tertiary/aromatic N) is 1. The van der Waals surface area contributed by atoms with Gasteiger partial charge in [0.2, 0.25) is 0 Å². The highest BCUT2D eigenvalue weighted by molar-refractivity contribution is 5.01. The fraction of sp³-hybridized carbons (Fsp3) is 1.00. The van der Waals surface area contributed by atoms with Crippen LogP contribution in [0.4, 0.5) is 0 Å². The summed E-state index contributed by atoms with van der Waals surface area (Å²) in [5.41, 5.74) is 0.553. The maximum atomic E-state index is 10.1. The van der Waals surface area contributed by atoms with Crippen molar-refractivity contribution in [1.29, 1.82) is 0 Å². The molecule has 0 aromatic heterocycles. The molecule has 0 amide bonds. The molecule has 0 heterocycles. The Hall–Kier alpha value is -0.0800. The summed E-state index contributed by atoms with van der Waals surface area (Å²) >= 11 is 0. The molecule has 2 nitrogen and oxygen atoms in total. The van der Waals surface area contributed by atoms with E-state index in [2.05, 4.69) is 18.9 Å². The van der Waals surface area contributed by atoms with Gasteiger partial charge in [0.1, 0.15) is 0 Å². The molecule has 3 rings (SSSR count). The Morgan fingerprint density at radius 3 is 2.39 bits per heavy atom. The number of aliphatic hydroxyl groups excluding tert-OH is 1. The third kappa shape index (κ3) is 2.22. The summed E-state index contributed by atoms with van der Waals surface area (Å²) in [6, 6.07) is 1.36. The van der Waals surface area contributed by atoms with Crippen LogP contribution in [0.3, 0.4) is 0 Å². The molecule has 0 bridgehead atoms. The van der Waals surface area contributed by atoms with E-state index in [1.807, 2.05) is 0 Å². The number of rotatable bonds is 3. The van der Waals surface area contributed by atoms with Gasteiger partial charge < -0.3 is 5.11 Å². The molecule has 3 aliphatic rings. The summed E-state index contributed by atoms with van der Waals surface area (Å²) in [6.45, 7) is 2.40. The topological polar surface area (TPSA) is 23.5 Å². The van der Waals surface area contributed by atoms with Crippen molar-refractivity contribution in [1.82, 2.24) is 4.90 Å². The second-order valence-electron chi connectivity index (χ2n) is 7.26. The summed E-state index contributed by atoms with van der Waals surface area (Å²) < 4.78 is 0. The van der Waals surface area contributed by atoms with Crippen LogP contribution in [-0.4, -0.2) is 35.2 Å². The van der Waals surface area contributed by atoms with E-state index in [-0.39, 0.29) is 6.10 Å². The first-order valence-corrected chi connectivity index (χ1v) is 8.02. The molecule has 0 aromatic rings. The van der Waals surface area contributed by atoms with E-state index in [1.54, 1.807) is 0 Å². The molecule has 3 unspecified atom stereocenters. The third-order valence-electron chi connectivity index (χ3n) is 6.22. The van der Waals surface area contributed by atoms with Crippen molar-refractivity contribution >= 4 is 0 Å². The molecule has 3 aliphatic carbocycles. The zero-order chi connectivity index (χ0) is 12.8. The maximum Gasteiger partial charge on any atom is 0.0555 e. The van der Waals surface area contributed by atoms with Gasteiger partial charge in [-0.25, -0.2) is 0 Å². The molecule has 2 heteroatoms. The van der Waals surface area contributed by atoms with Crippen molar-refractivity contribution < 1.29 is 5.11 Å². The van der Waals surface area contributed by atoms with E-state index < -0.39 is 0 Å². The highest BCUT2D eigenvalue weighted by Gasteiger charge is 2.48. The van der Waals surface area contributed by atoms with Crippen LogP contribution in [0.1, 0.15) is 64.7 Å². The first-order valence-electron chi connectivity index (χ1n) is 8.02. The van der Waals surface area contributed by atoms with Crippen LogP contribution in [0.2, 0.25) is 0 Å². The molecule has 0 saturated heterocycles. The fourth-order valence-corrected chi connectivity index (χ4v) is 4.70. The van der Waals surface area contributed by atoms with E-state index in [4.69, 9.17) is 0 Å². The van der Waals surface area contributed by atoms with Gasteiger partial charge in [-0.05, 0) is 70.3 Å². The largest absolute Gasteiger partial charge is 0.393 e. The lowest BCUT2D eigenvalue weighted by atomic mass is 9.67. The van der Waals surface area contributed by atoms with Crippen LogP contribution >= 0.6 is 0 Å². The summed E-state index contributed by atoms with van der Waals surface area (Å²) in [6.07, 6.45) is 11.8.